The molecule has 0 bridgehead atoms. The van der Waals surface area contributed by atoms with E-state index in [1.165, 1.54) is 0 Å². The van der Waals surface area contributed by atoms with Crippen LogP contribution in [0.5, 0.6) is 11.5 Å². The Labute approximate surface area is 195 Å². The molecule has 8 heteroatoms. The number of rotatable bonds is 7. The number of amides is 2. The van der Waals surface area contributed by atoms with E-state index in [9.17, 15) is 9.59 Å². The highest BCUT2D eigenvalue weighted by Gasteiger charge is 2.11. The molecule has 166 valence electrons. The number of para-hydroxylation sites is 1. The topological polar surface area (TPSA) is 89.6 Å². The van der Waals surface area contributed by atoms with E-state index in [-0.39, 0.29) is 13.2 Å². The number of aromatic nitrogens is 1. The van der Waals surface area contributed by atoms with Crippen molar-refractivity contribution in [1.29, 1.82) is 0 Å². The number of carbonyl (C=O) groups is 2. The van der Waals surface area contributed by atoms with E-state index in [0.29, 0.717) is 22.0 Å². The first-order valence-electron chi connectivity index (χ1n) is 10.1. The van der Waals surface area contributed by atoms with Crippen LogP contribution in [-0.2, 0) is 9.59 Å². The average molecular weight is 462 g/mol. The molecule has 33 heavy (non-hydrogen) atoms. The van der Waals surface area contributed by atoms with Gasteiger partial charge in [0.15, 0.2) is 13.2 Å². The van der Waals surface area contributed by atoms with Crippen molar-refractivity contribution in [1.82, 2.24) is 15.8 Å². The number of fused-ring (bicyclic) bond motifs is 1. The Kier molecular flexibility index (Phi) is 7.02. The fourth-order valence-electron chi connectivity index (χ4n) is 3.18. The molecule has 1 heterocycles. The maximum absolute atomic E-state index is 12.1. The third-order valence-electron chi connectivity index (χ3n) is 4.71. The Morgan fingerprint density at radius 1 is 0.758 bits per heavy atom. The van der Waals surface area contributed by atoms with Gasteiger partial charge in [0.25, 0.3) is 11.8 Å². The Hall–Kier alpha value is -4.10. The molecule has 0 aliphatic carbocycles. The lowest BCUT2D eigenvalue weighted by Gasteiger charge is -2.13. The minimum Gasteiger partial charge on any atom is -0.483 e. The second-order valence-electron chi connectivity index (χ2n) is 6.98. The van der Waals surface area contributed by atoms with Crippen molar-refractivity contribution in [3.05, 3.63) is 90.1 Å². The SMILES string of the molecule is O=C(COc1ccccc1-c1ccccc1)NNC(=O)COc1ccc(Cl)c2cccnc12. The zero-order valence-corrected chi connectivity index (χ0v) is 18.2. The molecule has 7 nitrogen and oxygen atoms in total. The molecule has 0 saturated carbocycles. The Balaban J connectivity index is 1.27. The molecule has 0 fully saturated rings. The third kappa shape index (κ3) is 5.58. The summed E-state index contributed by atoms with van der Waals surface area (Å²) < 4.78 is 11.2. The molecular weight excluding hydrogens is 442 g/mol. The third-order valence-corrected chi connectivity index (χ3v) is 5.04. The van der Waals surface area contributed by atoms with E-state index in [0.717, 1.165) is 16.5 Å². The number of benzene rings is 3. The van der Waals surface area contributed by atoms with E-state index in [2.05, 4.69) is 15.8 Å². The van der Waals surface area contributed by atoms with Gasteiger partial charge < -0.3 is 9.47 Å². The van der Waals surface area contributed by atoms with Crippen LogP contribution >= 0.6 is 11.6 Å². The molecule has 0 radical (unpaired) electrons. The van der Waals surface area contributed by atoms with Gasteiger partial charge in [-0.05, 0) is 35.9 Å². The van der Waals surface area contributed by atoms with Gasteiger partial charge in [-0.2, -0.15) is 0 Å². The largest absolute Gasteiger partial charge is 0.483 e. The summed E-state index contributed by atoms with van der Waals surface area (Å²) in [6, 6.07) is 24.0. The van der Waals surface area contributed by atoms with E-state index in [1.807, 2.05) is 54.6 Å². The van der Waals surface area contributed by atoms with Crippen molar-refractivity contribution in [3.63, 3.8) is 0 Å². The highest BCUT2D eigenvalue weighted by Crippen LogP contribution is 2.30. The van der Waals surface area contributed by atoms with Gasteiger partial charge in [0.2, 0.25) is 0 Å². The highest BCUT2D eigenvalue weighted by atomic mass is 35.5. The van der Waals surface area contributed by atoms with Crippen LogP contribution in [-0.4, -0.2) is 30.0 Å². The summed E-state index contributed by atoms with van der Waals surface area (Å²) in [5.74, 6) is -0.0650. The molecule has 0 aliphatic heterocycles. The van der Waals surface area contributed by atoms with Gasteiger partial charge >= 0.3 is 0 Å². The van der Waals surface area contributed by atoms with E-state index in [4.69, 9.17) is 21.1 Å². The standard InChI is InChI=1S/C25H20ClN3O4/c26-20-12-13-22(25-19(20)10-6-14-27-25)33-16-24(31)29-28-23(30)15-32-21-11-5-4-9-18(21)17-7-2-1-3-8-17/h1-14H,15-16H2,(H,28,30)(H,29,31). The summed E-state index contributed by atoms with van der Waals surface area (Å²) in [6.07, 6.45) is 1.61. The lowest BCUT2D eigenvalue weighted by molar-refractivity contribution is -0.130. The number of carbonyl (C=O) groups excluding carboxylic acids is 2. The van der Waals surface area contributed by atoms with E-state index < -0.39 is 11.8 Å². The first kappa shape index (κ1) is 22.1. The Bertz CT molecular complexity index is 1280. The van der Waals surface area contributed by atoms with Crippen LogP contribution in [0.4, 0.5) is 0 Å². The van der Waals surface area contributed by atoms with Gasteiger partial charge in [0.05, 0.1) is 5.02 Å². The molecule has 0 saturated heterocycles. The quantitative estimate of drug-likeness (QED) is 0.403. The van der Waals surface area contributed by atoms with Crippen LogP contribution in [0.15, 0.2) is 85.1 Å². The predicted molar refractivity (Wildman–Crippen MR) is 126 cm³/mol. The van der Waals surface area contributed by atoms with Gasteiger partial charge in [-0.15, -0.1) is 0 Å². The Morgan fingerprint density at radius 3 is 2.18 bits per heavy atom. The summed E-state index contributed by atoms with van der Waals surface area (Å²) in [6.45, 7) is -0.581. The average Bonchev–Trinajstić information content (AvgIpc) is 2.86. The number of ether oxygens (including phenoxy) is 2. The summed E-state index contributed by atoms with van der Waals surface area (Å²) in [5, 5.41) is 1.26. The van der Waals surface area contributed by atoms with Crippen molar-refractivity contribution < 1.29 is 19.1 Å². The lowest BCUT2D eigenvalue weighted by atomic mass is 10.1. The minimum absolute atomic E-state index is 0.267. The summed E-state index contributed by atoms with van der Waals surface area (Å²) in [4.78, 5) is 28.5. The molecule has 0 atom stereocenters. The van der Waals surface area contributed by atoms with Crippen molar-refractivity contribution in [3.8, 4) is 22.6 Å². The first-order valence-corrected chi connectivity index (χ1v) is 10.5. The van der Waals surface area contributed by atoms with E-state index in [1.54, 1.807) is 30.5 Å². The number of pyridine rings is 1. The fraction of sp³-hybridized carbons (Fsp3) is 0.0800. The highest BCUT2D eigenvalue weighted by molar-refractivity contribution is 6.35. The molecular formula is C25H20ClN3O4. The molecule has 0 unspecified atom stereocenters. The van der Waals surface area contributed by atoms with Crippen molar-refractivity contribution in [2.45, 2.75) is 0 Å². The van der Waals surface area contributed by atoms with Crippen LogP contribution in [0.25, 0.3) is 22.0 Å². The van der Waals surface area contributed by atoms with Gasteiger partial charge in [0.1, 0.15) is 17.0 Å². The predicted octanol–water partition coefficient (Wildman–Crippen LogP) is 4.16. The lowest BCUT2D eigenvalue weighted by Crippen LogP contribution is -2.45. The number of nitrogens with one attached hydrogen (secondary N) is 2. The Morgan fingerprint density at radius 2 is 1.42 bits per heavy atom. The monoisotopic (exact) mass is 461 g/mol. The molecule has 2 amide bonds. The van der Waals surface area contributed by atoms with Crippen LogP contribution in [0.2, 0.25) is 5.02 Å². The summed E-state index contributed by atoms with van der Waals surface area (Å²) in [5.41, 5.74) is 7.01. The normalized spacial score (nSPS) is 10.5. The maximum Gasteiger partial charge on any atom is 0.276 e. The molecule has 1 aromatic heterocycles. The maximum atomic E-state index is 12.1. The number of hydrogen-bond donors (Lipinski definition) is 2. The van der Waals surface area contributed by atoms with Gasteiger partial charge in [-0.3, -0.25) is 25.4 Å². The molecule has 0 spiro atoms. The molecule has 2 N–H and O–H groups in total. The van der Waals surface area contributed by atoms with Gasteiger partial charge in [0, 0.05) is 17.1 Å². The zero-order valence-electron chi connectivity index (χ0n) is 17.5. The van der Waals surface area contributed by atoms with Crippen LogP contribution in [0.1, 0.15) is 0 Å². The fourth-order valence-corrected chi connectivity index (χ4v) is 3.39. The zero-order chi connectivity index (χ0) is 23.0. The van der Waals surface area contributed by atoms with E-state index >= 15 is 0 Å². The second-order valence-corrected chi connectivity index (χ2v) is 7.39. The van der Waals surface area contributed by atoms with Gasteiger partial charge in [-0.1, -0.05) is 60.1 Å². The minimum atomic E-state index is -0.535. The number of nitrogens with zero attached hydrogens (tertiary/aromatic N) is 1. The van der Waals surface area contributed by atoms with Crippen LogP contribution in [0.3, 0.4) is 0 Å². The summed E-state index contributed by atoms with van der Waals surface area (Å²) in [7, 11) is 0. The second kappa shape index (κ2) is 10.5. The van der Waals surface area contributed by atoms with Crippen LogP contribution < -0.4 is 20.3 Å². The molecule has 4 aromatic rings. The summed E-state index contributed by atoms with van der Waals surface area (Å²) >= 11 is 6.16. The van der Waals surface area contributed by atoms with Gasteiger partial charge in [-0.25, -0.2) is 0 Å². The van der Waals surface area contributed by atoms with Crippen molar-refractivity contribution in [2.24, 2.45) is 0 Å². The first-order chi connectivity index (χ1) is 16.1. The number of hydrazine groups is 1. The smallest absolute Gasteiger partial charge is 0.276 e. The van der Waals surface area contributed by atoms with Crippen molar-refractivity contribution in [2.75, 3.05) is 13.2 Å². The molecule has 4 rings (SSSR count). The number of halogens is 1. The molecule has 3 aromatic carbocycles. The van der Waals surface area contributed by atoms with Crippen LogP contribution in [0, 0.1) is 0 Å². The number of hydrogen-bond acceptors (Lipinski definition) is 5. The van der Waals surface area contributed by atoms with Crippen molar-refractivity contribution >= 4 is 34.3 Å². The molecule has 0 aliphatic rings.